The minimum absolute atomic E-state index is 0.531. The van der Waals surface area contributed by atoms with Crippen LogP contribution in [0.5, 0.6) is 0 Å². The second kappa shape index (κ2) is 7.15. The van der Waals surface area contributed by atoms with Crippen molar-refractivity contribution in [3.8, 4) is 0 Å². The Labute approximate surface area is 131 Å². The van der Waals surface area contributed by atoms with E-state index in [4.69, 9.17) is 0 Å². The van der Waals surface area contributed by atoms with E-state index >= 15 is 0 Å². The summed E-state index contributed by atoms with van der Waals surface area (Å²) in [5, 5.41) is 13.7. The van der Waals surface area contributed by atoms with Gasteiger partial charge in [-0.3, -0.25) is 4.79 Å². The van der Waals surface area contributed by atoms with E-state index in [0.29, 0.717) is 5.56 Å². The van der Waals surface area contributed by atoms with Crippen LogP contribution in [-0.2, 0) is 4.79 Å². The number of hydrogen-bond donors (Lipinski definition) is 2. The summed E-state index contributed by atoms with van der Waals surface area (Å²) >= 11 is 3.43. The summed E-state index contributed by atoms with van der Waals surface area (Å²) in [7, 11) is 0. The molecule has 1 atom stereocenters. The van der Waals surface area contributed by atoms with E-state index in [1.54, 1.807) is 24.3 Å². The molecule has 0 heterocycles. The minimum Gasteiger partial charge on any atom is -0.378 e. The summed E-state index contributed by atoms with van der Waals surface area (Å²) in [6.45, 7) is 1.99. The van der Waals surface area contributed by atoms with Crippen LogP contribution in [0.4, 0.5) is 0 Å². The first-order chi connectivity index (χ1) is 10.1. The van der Waals surface area contributed by atoms with E-state index < -0.39 is 12.0 Å². The molecule has 2 rings (SSSR count). The molecule has 0 aliphatic rings. The number of aliphatic hydroxyl groups is 1. The molecule has 0 aliphatic heterocycles. The number of aryl methyl sites for hydroxylation is 1. The second-order valence-electron chi connectivity index (χ2n) is 4.56. The minimum atomic E-state index is -1.23. The number of amides is 1. The van der Waals surface area contributed by atoms with Gasteiger partial charge in [0.1, 0.15) is 0 Å². The van der Waals surface area contributed by atoms with Crippen LogP contribution in [0.1, 0.15) is 22.8 Å². The fourth-order valence-corrected chi connectivity index (χ4v) is 2.10. The van der Waals surface area contributed by atoms with Gasteiger partial charge in [-0.15, -0.1) is 0 Å². The Kier molecular flexibility index (Phi) is 5.25. The van der Waals surface area contributed by atoms with Gasteiger partial charge in [-0.2, -0.15) is 5.10 Å². The van der Waals surface area contributed by atoms with Gasteiger partial charge < -0.3 is 5.11 Å². The largest absolute Gasteiger partial charge is 0.378 e. The standard InChI is InChI=1S/C16H15BrN2O2/c1-11-7-8-12(9-14(11)17)10-18-19-16(21)15(20)13-5-3-2-4-6-13/h2-10,15,20H,1H3,(H,19,21)/b18-10-/t15-/m0/s1. The molecule has 0 saturated heterocycles. The normalized spacial score (nSPS) is 12.3. The smallest absolute Gasteiger partial charge is 0.273 e. The first-order valence-electron chi connectivity index (χ1n) is 6.40. The SMILES string of the molecule is Cc1ccc(/C=N\NC(=O)[C@@H](O)c2ccccc2)cc1Br. The number of carbonyl (C=O) groups excluding carboxylic acids is 1. The molecule has 2 aromatic rings. The summed E-state index contributed by atoms with van der Waals surface area (Å²) in [5.41, 5.74) is 4.83. The number of halogens is 1. The van der Waals surface area contributed by atoms with Crippen LogP contribution >= 0.6 is 15.9 Å². The van der Waals surface area contributed by atoms with Crippen molar-refractivity contribution in [2.24, 2.45) is 5.10 Å². The third kappa shape index (κ3) is 4.24. The highest BCUT2D eigenvalue weighted by molar-refractivity contribution is 9.10. The van der Waals surface area contributed by atoms with Crippen LogP contribution < -0.4 is 5.43 Å². The van der Waals surface area contributed by atoms with E-state index in [-0.39, 0.29) is 0 Å². The van der Waals surface area contributed by atoms with Crippen molar-refractivity contribution < 1.29 is 9.90 Å². The fourth-order valence-electron chi connectivity index (χ4n) is 1.71. The van der Waals surface area contributed by atoms with Crippen LogP contribution in [0.15, 0.2) is 58.1 Å². The van der Waals surface area contributed by atoms with Crippen LogP contribution in [0, 0.1) is 6.92 Å². The first-order valence-corrected chi connectivity index (χ1v) is 7.19. The molecule has 2 N–H and O–H groups in total. The van der Waals surface area contributed by atoms with Crippen molar-refractivity contribution in [1.29, 1.82) is 0 Å². The highest BCUT2D eigenvalue weighted by Gasteiger charge is 2.15. The van der Waals surface area contributed by atoms with E-state index in [1.165, 1.54) is 6.21 Å². The van der Waals surface area contributed by atoms with Gasteiger partial charge in [-0.1, -0.05) is 58.4 Å². The van der Waals surface area contributed by atoms with Crippen molar-refractivity contribution >= 4 is 28.1 Å². The Morgan fingerprint density at radius 1 is 1.29 bits per heavy atom. The summed E-state index contributed by atoms with van der Waals surface area (Å²) in [5.74, 6) is -0.566. The molecule has 4 nitrogen and oxygen atoms in total. The highest BCUT2D eigenvalue weighted by Crippen LogP contribution is 2.16. The molecule has 0 unspecified atom stereocenters. The molecule has 108 valence electrons. The molecule has 21 heavy (non-hydrogen) atoms. The Bertz CT molecular complexity index is 657. The predicted octanol–water partition coefficient (Wildman–Crippen LogP) is 2.94. The monoisotopic (exact) mass is 346 g/mol. The van der Waals surface area contributed by atoms with Gasteiger partial charge >= 0.3 is 0 Å². The van der Waals surface area contributed by atoms with Crippen LogP contribution in [0.2, 0.25) is 0 Å². The van der Waals surface area contributed by atoms with Crippen molar-refractivity contribution in [3.05, 3.63) is 69.7 Å². The van der Waals surface area contributed by atoms with Gasteiger partial charge in [-0.05, 0) is 29.7 Å². The molecule has 0 aromatic heterocycles. The van der Waals surface area contributed by atoms with Gasteiger partial charge in [0.15, 0.2) is 6.10 Å². The number of rotatable bonds is 4. The molecule has 0 fully saturated rings. The molecule has 0 spiro atoms. The average molecular weight is 347 g/mol. The lowest BCUT2D eigenvalue weighted by Gasteiger charge is -2.08. The lowest BCUT2D eigenvalue weighted by atomic mass is 10.1. The van der Waals surface area contributed by atoms with Crippen molar-refractivity contribution in [2.75, 3.05) is 0 Å². The fraction of sp³-hybridized carbons (Fsp3) is 0.125. The molecule has 0 bridgehead atoms. The number of nitrogens with zero attached hydrogens (tertiary/aromatic N) is 1. The van der Waals surface area contributed by atoms with Gasteiger partial charge in [0.05, 0.1) is 6.21 Å². The van der Waals surface area contributed by atoms with Crippen LogP contribution in [0.25, 0.3) is 0 Å². The lowest BCUT2D eigenvalue weighted by Crippen LogP contribution is -2.25. The molecule has 5 heteroatoms. The van der Waals surface area contributed by atoms with E-state index in [9.17, 15) is 9.90 Å². The summed E-state index contributed by atoms with van der Waals surface area (Å²) in [6, 6.07) is 14.5. The number of hydrazone groups is 1. The van der Waals surface area contributed by atoms with E-state index in [2.05, 4.69) is 26.5 Å². The van der Waals surface area contributed by atoms with E-state index in [1.807, 2.05) is 31.2 Å². The predicted molar refractivity (Wildman–Crippen MR) is 86.0 cm³/mol. The van der Waals surface area contributed by atoms with Gasteiger partial charge in [-0.25, -0.2) is 5.43 Å². The van der Waals surface area contributed by atoms with E-state index in [0.717, 1.165) is 15.6 Å². The Balaban J connectivity index is 1.97. The lowest BCUT2D eigenvalue weighted by molar-refractivity contribution is -0.129. The number of nitrogens with one attached hydrogen (secondary N) is 1. The first kappa shape index (κ1) is 15.4. The Morgan fingerprint density at radius 3 is 2.67 bits per heavy atom. The number of carbonyl (C=O) groups is 1. The maximum atomic E-state index is 11.8. The average Bonchev–Trinajstić information content (AvgIpc) is 2.51. The molecule has 2 aromatic carbocycles. The molecule has 1 amide bonds. The van der Waals surface area contributed by atoms with Crippen LogP contribution in [0.3, 0.4) is 0 Å². The quantitative estimate of drug-likeness (QED) is 0.660. The third-order valence-electron chi connectivity index (χ3n) is 2.95. The molecule has 0 saturated carbocycles. The molecular weight excluding hydrogens is 332 g/mol. The van der Waals surface area contributed by atoms with Gasteiger partial charge in [0.2, 0.25) is 0 Å². The maximum absolute atomic E-state index is 11.8. The number of aliphatic hydroxyl groups excluding tert-OH is 1. The number of benzene rings is 2. The van der Waals surface area contributed by atoms with Gasteiger partial charge in [0, 0.05) is 4.47 Å². The third-order valence-corrected chi connectivity index (χ3v) is 3.80. The molecule has 0 aliphatic carbocycles. The Morgan fingerprint density at radius 2 is 2.00 bits per heavy atom. The van der Waals surface area contributed by atoms with Crippen molar-refractivity contribution in [3.63, 3.8) is 0 Å². The zero-order valence-corrected chi connectivity index (χ0v) is 13.0. The summed E-state index contributed by atoms with van der Waals surface area (Å²) in [4.78, 5) is 11.8. The Hall–Kier alpha value is -1.98. The molecular formula is C16H15BrN2O2. The summed E-state index contributed by atoms with van der Waals surface area (Å²) < 4.78 is 0.974. The second-order valence-corrected chi connectivity index (χ2v) is 5.41. The zero-order valence-electron chi connectivity index (χ0n) is 11.5. The highest BCUT2D eigenvalue weighted by atomic mass is 79.9. The maximum Gasteiger partial charge on any atom is 0.273 e. The van der Waals surface area contributed by atoms with Gasteiger partial charge in [0.25, 0.3) is 5.91 Å². The topological polar surface area (TPSA) is 61.7 Å². The number of hydrogen-bond acceptors (Lipinski definition) is 3. The molecule has 0 radical (unpaired) electrons. The van der Waals surface area contributed by atoms with Crippen LogP contribution in [-0.4, -0.2) is 17.2 Å². The van der Waals surface area contributed by atoms with Crippen molar-refractivity contribution in [1.82, 2.24) is 5.43 Å². The zero-order chi connectivity index (χ0) is 15.2. The van der Waals surface area contributed by atoms with Crippen molar-refractivity contribution in [2.45, 2.75) is 13.0 Å². The summed E-state index contributed by atoms with van der Waals surface area (Å²) in [6.07, 6.45) is 0.299.